The summed E-state index contributed by atoms with van der Waals surface area (Å²) < 4.78 is 222. The quantitative estimate of drug-likeness (QED) is 0.103. The molecule has 0 fully saturated rings. The van der Waals surface area contributed by atoms with Crippen LogP contribution in [0.5, 0.6) is 11.5 Å². The molecule has 0 atom stereocenters. The summed E-state index contributed by atoms with van der Waals surface area (Å²) in [5, 5.41) is 0. The molecule has 0 saturated carbocycles. The molecule has 0 aromatic heterocycles. The Morgan fingerprint density at radius 3 is 1.25 bits per heavy atom. The molecule has 4 N–H and O–H groups in total. The zero-order chi connectivity index (χ0) is 40.0. The summed E-state index contributed by atoms with van der Waals surface area (Å²) in [5.74, 6) is -1.29. The van der Waals surface area contributed by atoms with E-state index < -0.39 is 73.2 Å². The van der Waals surface area contributed by atoms with Gasteiger partial charge < -0.3 is 20.9 Å². The molecule has 2 radical (unpaired) electrons. The number of hydrogen-bond acceptors (Lipinski definition) is 4. The summed E-state index contributed by atoms with van der Waals surface area (Å²) >= 11 is 9.54. The number of alkyl halides is 19. The Morgan fingerprint density at radius 1 is 0.654 bits per heavy atom. The van der Waals surface area contributed by atoms with E-state index in [1.165, 1.54) is 18.2 Å². The Kier molecular flexibility index (Phi) is 36.1. The van der Waals surface area contributed by atoms with E-state index in [1.54, 1.807) is 6.07 Å². The molecule has 2 rings (SSSR count). The van der Waals surface area contributed by atoms with Crippen molar-refractivity contribution in [2.45, 2.75) is 63.6 Å². The Morgan fingerprint density at radius 2 is 0.981 bits per heavy atom. The third-order valence-corrected chi connectivity index (χ3v) is 4.46. The van der Waals surface area contributed by atoms with Gasteiger partial charge in [-0.1, -0.05) is 35.6 Å². The zero-order valence-electron chi connectivity index (χ0n) is 24.4. The molecule has 0 spiro atoms. The number of ether oxygens (including phenoxy) is 2. The molecule has 4 nitrogen and oxygen atoms in total. The van der Waals surface area contributed by atoms with Gasteiger partial charge in [0, 0.05) is 76.9 Å². The number of benzene rings is 2. The average molecular weight is 1440 g/mol. The molecule has 0 aliphatic carbocycles. The van der Waals surface area contributed by atoms with E-state index in [-0.39, 0.29) is 101 Å². The van der Waals surface area contributed by atoms with E-state index in [9.17, 15) is 79.0 Å². The molecule has 0 amide bonds. The predicted molar refractivity (Wildman–Crippen MR) is 178 cm³/mol. The van der Waals surface area contributed by atoms with E-state index in [0.29, 0.717) is 0 Å². The summed E-state index contributed by atoms with van der Waals surface area (Å²) in [4.78, 5) is 1.69. The maximum absolute atomic E-state index is 13.6. The largest absolute Gasteiger partial charge is 0 e. The van der Waals surface area contributed by atoms with Crippen molar-refractivity contribution in [2.75, 3.05) is 16.4 Å². The van der Waals surface area contributed by atoms with Crippen molar-refractivity contribution in [1.82, 2.24) is 0 Å². The van der Waals surface area contributed by atoms with Crippen LogP contribution in [0.2, 0.25) is 0 Å². The molecule has 52 heavy (non-hydrogen) atoms. The second-order valence-electron chi connectivity index (χ2n) is 7.72. The van der Waals surface area contributed by atoms with Crippen LogP contribution in [0.4, 0.5) is 90.4 Å². The standard InChI is InChI=1S/C10H5F9NO.C7H6F2NO.C4H3F7.CH3I.CH4.3HI.V.2Y/c11-7(12)21-6-3-4(1-2-5(6)20)8(13,9(14,15)16)10(17,18)19;8-7(9)11-6-4-2-1-3-5(6)10;1-2(5,3(6,7)8)4(9,10)11;1-2;;;;;;;/h1,3,7H,20H2;1-2,4,7H,10H2;1H3;1H3;1H4;3*1H;;;/q2*-1;;;;;;;+3;;/p-3. The predicted octanol–water partition coefficient (Wildman–Crippen LogP) is 12.8. The molecule has 0 aliphatic rings. The van der Waals surface area contributed by atoms with Crippen LogP contribution in [-0.2, 0) is 76.0 Å². The second kappa shape index (κ2) is 28.5. The van der Waals surface area contributed by atoms with Gasteiger partial charge in [0.2, 0.25) is 0 Å². The molecule has 2 aromatic carbocycles. The van der Waals surface area contributed by atoms with E-state index in [1.807, 2.05) is 4.93 Å². The van der Waals surface area contributed by atoms with Crippen molar-refractivity contribution in [3.63, 3.8) is 0 Å². The minimum atomic E-state index is -6.38. The minimum absolute atomic E-state index is 0. The summed E-state index contributed by atoms with van der Waals surface area (Å²) in [5.41, 5.74) is -3.37. The molecule has 0 unspecified atom stereocenters. The fourth-order valence-corrected chi connectivity index (χ4v) is 2.16. The first-order chi connectivity index (χ1) is 21.7. The molecular formula is C23H21F18I4N2O2VY2-2. The van der Waals surface area contributed by atoms with Crippen molar-refractivity contribution in [3.8, 4) is 11.5 Å². The van der Waals surface area contributed by atoms with Crippen LogP contribution < -0.4 is 20.9 Å². The number of rotatable bonds is 5. The van der Waals surface area contributed by atoms with Gasteiger partial charge in [-0.2, -0.15) is 101 Å². The molecule has 29 heteroatoms. The van der Waals surface area contributed by atoms with Crippen LogP contribution in [0.3, 0.4) is 0 Å². The first-order valence-electron chi connectivity index (χ1n) is 11.0. The number of anilines is 2. The smallest absolute Gasteiger partial charge is 0 e. The third kappa shape index (κ3) is 23.5. The van der Waals surface area contributed by atoms with Crippen LogP contribution in [0.15, 0.2) is 30.3 Å². The normalized spacial score (nSPS) is 11.7. The van der Waals surface area contributed by atoms with Gasteiger partial charge in [0.05, 0.1) is 0 Å². The Labute approximate surface area is 386 Å². The fourth-order valence-electron chi connectivity index (χ4n) is 2.16. The summed E-state index contributed by atoms with van der Waals surface area (Å²) in [6.45, 7) is -6.98. The van der Waals surface area contributed by atoms with E-state index in [4.69, 9.17) is 11.5 Å². The molecule has 0 aliphatic heterocycles. The van der Waals surface area contributed by atoms with Gasteiger partial charge >= 0.3 is 103 Å². The van der Waals surface area contributed by atoms with Gasteiger partial charge in [0.25, 0.3) is 11.3 Å². The number of hydrogen-bond donors (Lipinski definition) is 2. The minimum Gasteiger partial charge on any atom is 0 e. The maximum atomic E-state index is 13.6. The molecule has 0 saturated heterocycles. The summed E-state index contributed by atoms with van der Waals surface area (Å²) in [6, 6.07) is 8.30. The van der Waals surface area contributed by atoms with Gasteiger partial charge in [-0.15, -0.1) is 12.1 Å². The van der Waals surface area contributed by atoms with Crippen molar-refractivity contribution in [1.29, 1.82) is 0 Å². The van der Waals surface area contributed by atoms with Gasteiger partial charge in [0.1, 0.15) is 0 Å². The van der Waals surface area contributed by atoms with E-state index >= 15 is 0 Å². The van der Waals surface area contributed by atoms with Gasteiger partial charge in [0.15, 0.2) is 0 Å². The second-order valence-corrected chi connectivity index (χ2v) is 43.1. The average Bonchev–Trinajstić information content (AvgIpc) is 2.89. The van der Waals surface area contributed by atoms with Gasteiger partial charge in [-0.05, 0) is 23.2 Å². The fraction of sp³-hybridized carbons (Fsp3) is 0.478. The van der Waals surface area contributed by atoms with Crippen LogP contribution in [0.1, 0.15) is 19.9 Å². The number of nitrogens with two attached hydrogens (primary N) is 2. The maximum Gasteiger partial charge on any atom is 0 e. The van der Waals surface area contributed by atoms with Gasteiger partial charge in [-0.25, -0.2) is 8.78 Å². The van der Waals surface area contributed by atoms with Crippen molar-refractivity contribution < 1.29 is 159 Å². The van der Waals surface area contributed by atoms with Crippen molar-refractivity contribution in [2.24, 2.45) is 0 Å². The van der Waals surface area contributed by atoms with Crippen LogP contribution >= 0.6 is 82.5 Å². The Bertz CT molecular complexity index is 1210. The van der Waals surface area contributed by atoms with Crippen LogP contribution in [0, 0.1) is 12.1 Å². The summed E-state index contributed by atoms with van der Waals surface area (Å²) in [6.07, 6.45) is -24.6. The number of nitrogen functional groups attached to an aromatic ring is 2. The van der Waals surface area contributed by atoms with Crippen LogP contribution in [0.25, 0.3) is 0 Å². The molecule has 0 heterocycles. The van der Waals surface area contributed by atoms with Gasteiger partial charge in [-0.3, -0.25) is 0 Å². The molecule has 302 valence electrons. The SMILES string of the molecule is C.CC(F)(C(F)(F)F)C(F)(F)F.CI.Nc1[c-]cc(C(F)(C(F)(F)F)C(F)(F)F)cc1OC(F)F.Nc1[c-]cccc1OC(F)F.[I][V]([I])[I].[Y].[Y]. The van der Waals surface area contributed by atoms with Crippen LogP contribution in [-0.4, -0.2) is 48.5 Å². The topological polar surface area (TPSA) is 70.5 Å². The van der Waals surface area contributed by atoms with E-state index in [2.05, 4.69) is 98.1 Å². The van der Waals surface area contributed by atoms with E-state index in [0.717, 1.165) is 0 Å². The molecular weight excluding hydrogens is 1410 g/mol. The van der Waals surface area contributed by atoms with Crippen molar-refractivity contribution >= 4 is 93.9 Å². The van der Waals surface area contributed by atoms with Crippen molar-refractivity contribution in [3.05, 3.63) is 48.0 Å². The number of halogens is 22. The first kappa shape index (κ1) is 65.9. The molecule has 2 aromatic rings. The summed E-state index contributed by atoms with van der Waals surface area (Å²) in [7, 11) is 0. The number of para-hydroxylation sites is 1. The monoisotopic (exact) mass is 1440 g/mol. The first-order valence-corrected chi connectivity index (χ1v) is 26.7. The Balaban J connectivity index is -0.000000146. The zero-order valence-corrected chi connectivity index (χ0v) is 40.1. The Hall–Kier alpha value is 2.09. The third-order valence-electron chi connectivity index (χ3n) is 4.46. The molecule has 0 bridgehead atoms.